The highest BCUT2D eigenvalue weighted by molar-refractivity contribution is 6.00. The van der Waals surface area contributed by atoms with E-state index in [0.29, 0.717) is 42.8 Å². The molecule has 37 heavy (non-hydrogen) atoms. The van der Waals surface area contributed by atoms with Gasteiger partial charge in [0.05, 0.1) is 18.2 Å². The third-order valence-corrected chi connectivity index (χ3v) is 7.60. The van der Waals surface area contributed by atoms with Gasteiger partial charge in [0.15, 0.2) is 0 Å². The molecule has 2 atom stereocenters. The summed E-state index contributed by atoms with van der Waals surface area (Å²) < 4.78 is 6.47. The van der Waals surface area contributed by atoms with E-state index in [1.54, 1.807) is 17.0 Å². The minimum Gasteiger partial charge on any atom is -0.508 e. The van der Waals surface area contributed by atoms with Crippen LogP contribution in [0.15, 0.2) is 53.6 Å². The van der Waals surface area contributed by atoms with Crippen LogP contribution in [0.3, 0.4) is 0 Å². The van der Waals surface area contributed by atoms with E-state index in [-0.39, 0.29) is 23.8 Å². The number of ether oxygens (including phenoxy) is 1. The summed E-state index contributed by atoms with van der Waals surface area (Å²) in [6, 6.07) is 8.51. The van der Waals surface area contributed by atoms with Crippen LogP contribution in [0.4, 0.5) is 0 Å². The Hall–Kier alpha value is -3.25. The van der Waals surface area contributed by atoms with Gasteiger partial charge in [-0.25, -0.2) is 0 Å². The number of benzene rings is 2. The molecular formula is C31H39NO5. The maximum Gasteiger partial charge on any atom is 0.254 e. The van der Waals surface area contributed by atoms with Crippen LogP contribution in [-0.4, -0.2) is 44.4 Å². The number of aliphatic hydroxyl groups excluding tert-OH is 1. The predicted octanol–water partition coefficient (Wildman–Crippen LogP) is 5.82. The molecule has 0 aliphatic carbocycles. The number of phenolic OH excluding ortho intramolecular Hbond substituents is 2. The monoisotopic (exact) mass is 505 g/mol. The molecule has 2 heterocycles. The second-order valence-electron chi connectivity index (χ2n) is 10.9. The van der Waals surface area contributed by atoms with E-state index in [9.17, 15) is 20.1 Å². The summed E-state index contributed by atoms with van der Waals surface area (Å²) in [5, 5.41) is 31.2. The van der Waals surface area contributed by atoms with Crippen molar-refractivity contribution in [2.75, 3.05) is 6.54 Å². The van der Waals surface area contributed by atoms with Gasteiger partial charge in [-0.1, -0.05) is 35.4 Å². The van der Waals surface area contributed by atoms with E-state index in [1.165, 1.54) is 17.2 Å². The molecule has 3 N–H and O–H groups in total. The molecule has 198 valence electrons. The molecule has 2 aromatic carbocycles. The zero-order valence-electron chi connectivity index (χ0n) is 22.4. The minimum absolute atomic E-state index is 0.00130. The maximum absolute atomic E-state index is 13.2. The Morgan fingerprint density at radius 2 is 1.84 bits per heavy atom. The third kappa shape index (κ3) is 6.02. The Bertz CT molecular complexity index is 1210. The van der Waals surface area contributed by atoms with Crippen molar-refractivity contribution >= 4 is 5.91 Å². The molecule has 0 saturated heterocycles. The number of nitrogens with zero attached hydrogens (tertiary/aromatic N) is 1. The van der Waals surface area contributed by atoms with Gasteiger partial charge < -0.3 is 25.0 Å². The number of rotatable bonds is 9. The molecule has 0 bridgehead atoms. The van der Waals surface area contributed by atoms with Gasteiger partial charge in [0, 0.05) is 24.1 Å². The Labute approximate surface area is 219 Å². The lowest BCUT2D eigenvalue weighted by Crippen LogP contribution is -2.49. The molecule has 0 spiro atoms. The number of phenols is 2. The SMILES string of the molecule is CC(C)=CCC/C(C)=C/CC[C@]1(C)Oc2c(c(O)cc3c2CN(CCc2ccc(O)cc2)C3=O)C[C@@H]1O. The highest BCUT2D eigenvalue weighted by Crippen LogP contribution is 2.46. The number of carbonyl (C=O) groups is 1. The summed E-state index contributed by atoms with van der Waals surface area (Å²) in [6.45, 7) is 9.20. The average molecular weight is 506 g/mol. The van der Waals surface area contributed by atoms with Crippen molar-refractivity contribution in [2.24, 2.45) is 0 Å². The first-order valence-corrected chi connectivity index (χ1v) is 13.2. The van der Waals surface area contributed by atoms with Gasteiger partial charge in [0.2, 0.25) is 0 Å². The number of aromatic hydroxyl groups is 2. The summed E-state index contributed by atoms with van der Waals surface area (Å²) in [7, 11) is 0. The number of hydrogen-bond donors (Lipinski definition) is 3. The smallest absolute Gasteiger partial charge is 0.254 e. The third-order valence-electron chi connectivity index (χ3n) is 7.60. The van der Waals surface area contributed by atoms with Crippen molar-refractivity contribution in [2.45, 2.75) is 84.5 Å². The number of amides is 1. The highest BCUT2D eigenvalue weighted by atomic mass is 16.5. The molecule has 4 rings (SSSR count). The molecule has 6 heteroatoms. The van der Waals surface area contributed by atoms with E-state index >= 15 is 0 Å². The van der Waals surface area contributed by atoms with Crippen molar-refractivity contribution in [1.82, 2.24) is 4.90 Å². The van der Waals surface area contributed by atoms with Gasteiger partial charge >= 0.3 is 0 Å². The fourth-order valence-corrected chi connectivity index (χ4v) is 5.16. The molecule has 2 aliphatic rings. The summed E-state index contributed by atoms with van der Waals surface area (Å²) in [6.07, 6.45) is 8.10. The quantitative estimate of drug-likeness (QED) is 0.374. The van der Waals surface area contributed by atoms with Crippen LogP contribution in [0, 0.1) is 0 Å². The summed E-state index contributed by atoms with van der Waals surface area (Å²) in [5.41, 5.74) is 4.69. The molecule has 2 aliphatic heterocycles. The fourth-order valence-electron chi connectivity index (χ4n) is 5.16. The Morgan fingerprint density at radius 3 is 2.54 bits per heavy atom. The first kappa shape index (κ1) is 26.8. The first-order valence-electron chi connectivity index (χ1n) is 13.2. The van der Waals surface area contributed by atoms with Crippen molar-refractivity contribution in [1.29, 1.82) is 0 Å². The zero-order valence-corrected chi connectivity index (χ0v) is 22.4. The first-order chi connectivity index (χ1) is 17.6. The summed E-state index contributed by atoms with van der Waals surface area (Å²) in [5.74, 6) is 0.636. The topological polar surface area (TPSA) is 90.2 Å². The number of carbonyl (C=O) groups excluding carboxylic acids is 1. The van der Waals surface area contributed by atoms with Gasteiger partial charge in [0.1, 0.15) is 22.8 Å². The molecule has 0 radical (unpaired) electrons. The normalized spacial score (nSPS) is 20.9. The Kier molecular flexibility index (Phi) is 7.98. The molecular weight excluding hydrogens is 466 g/mol. The Morgan fingerprint density at radius 1 is 1.11 bits per heavy atom. The van der Waals surface area contributed by atoms with Crippen LogP contribution in [0.1, 0.15) is 80.4 Å². The van der Waals surface area contributed by atoms with Gasteiger partial charge in [-0.2, -0.15) is 0 Å². The van der Waals surface area contributed by atoms with Crippen LogP contribution in [-0.2, 0) is 19.4 Å². The maximum atomic E-state index is 13.2. The average Bonchev–Trinajstić information content (AvgIpc) is 3.15. The van der Waals surface area contributed by atoms with Gasteiger partial charge in [-0.3, -0.25) is 4.79 Å². The molecule has 2 aromatic rings. The lowest BCUT2D eigenvalue weighted by atomic mass is 9.84. The summed E-state index contributed by atoms with van der Waals surface area (Å²) in [4.78, 5) is 14.9. The van der Waals surface area contributed by atoms with Crippen molar-refractivity contribution in [3.8, 4) is 17.2 Å². The molecule has 6 nitrogen and oxygen atoms in total. The van der Waals surface area contributed by atoms with Crippen molar-refractivity contribution in [3.63, 3.8) is 0 Å². The number of hydrogen-bond acceptors (Lipinski definition) is 5. The molecule has 0 saturated carbocycles. The fraction of sp³-hybridized carbons (Fsp3) is 0.452. The predicted molar refractivity (Wildman–Crippen MR) is 145 cm³/mol. The van der Waals surface area contributed by atoms with Gasteiger partial charge in [0.25, 0.3) is 5.91 Å². The minimum atomic E-state index is -0.812. The van der Waals surface area contributed by atoms with Crippen molar-refractivity contribution < 1.29 is 24.9 Å². The standard InChI is InChI=1S/C31H39NO5/c1-20(2)7-5-8-21(3)9-6-15-31(4)28(35)18-25-27(34)17-24-26(29(25)37-31)19-32(30(24)36)16-14-22-10-12-23(33)13-11-22/h7,9-13,17,28,33-35H,5-6,8,14-16,18-19H2,1-4H3/b21-9+/t28-,31-/m0/s1. The van der Waals surface area contributed by atoms with Crippen molar-refractivity contribution in [3.05, 3.63) is 75.9 Å². The van der Waals surface area contributed by atoms with Gasteiger partial charge in [-0.05, 0) is 83.6 Å². The Balaban J connectivity index is 1.47. The number of allylic oxidation sites excluding steroid dienone is 4. The van der Waals surface area contributed by atoms with E-state index in [1.807, 2.05) is 19.1 Å². The van der Waals surface area contributed by atoms with E-state index < -0.39 is 11.7 Å². The highest BCUT2D eigenvalue weighted by Gasteiger charge is 2.44. The van der Waals surface area contributed by atoms with E-state index in [2.05, 4.69) is 32.9 Å². The van der Waals surface area contributed by atoms with E-state index in [4.69, 9.17) is 4.74 Å². The van der Waals surface area contributed by atoms with Crippen LogP contribution in [0.25, 0.3) is 0 Å². The summed E-state index contributed by atoms with van der Waals surface area (Å²) >= 11 is 0. The number of fused-ring (bicyclic) bond motifs is 3. The lowest BCUT2D eigenvalue weighted by molar-refractivity contribution is -0.0599. The van der Waals surface area contributed by atoms with E-state index in [0.717, 1.165) is 30.4 Å². The zero-order chi connectivity index (χ0) is 26.7. The second-order valence-corrected chi connectivity index (χ2v) is 10.9. The second kappa shape index (κ2) is 11.0. The van der Waals surface area contributed by atoms with Crippen LogP contribution >= 0.6 is 0 Å². The molecule has 0 aromatic heterocycles. The van der Waals surface area contributed by atoms with Gasteiger partial charge in [-0.15, -0.1) is 0 Å². The van der Waals surface area contributed by atoms with Crippen LogP contribution in [0.2, 0.25) is 0 Å². The number of aliphatic hydroxyl groups is 1. The molecule has 1 amide bonds. The molecule has 0 unspecified atom stereocenters. The molecule has 0 fully saturated rings. The largest absolute Gasteiger partial charge is 0.508 e. The van der Waals surface area contributed by atoms with Crippen LogP contribution in [0.5, 0.6) is 17.2 Å². The van der Waals surface area contributed by atoms with Crippen LogP contribution < -0.4 is 4.74 Å². The lowest BCUT2D eigenvalue weighted by Gasteiger charge is -2.40.